The maximum absolute atomic E-state index is 12.8. The third kappa shape index (κ3) is 3.17. The summed E-state index contributed by atoms with van der Waals surface area (Å²) in [6, 6.07) is 20.4. The minimum Gasteiger partial charge on any atom is -0.294 e. The molecule has 0 N–H and O–H groups in total. The largest absolute Gasteiger partial charge is 0.294 e. The first-order chi connectivity index (χ1) is 14.2. The first-order valence-corrected chi connectivity index (χ1v) is 9.90. The minimum absolute atomic E-state index is 0.137. The van der Waals surface area contributed by atoms with Crippen molar-refractivity contribution in [2.45, 2.75) is 19.8 Å². The summed E-state index contributed by atoms with van der Waals surface area (Å²) in [5.41, 5.74) is 6.66. The number of carbonyl (C=O) groups excluding carboxylic acids is 1. The molecular weight excluding hydrogens is 358 g/mol. The van der Waals surface area contributed by atoms with Gasteiger partial charge in [-0.3, -0.25) is 4.79 Å². The fourth-order valence-corrected chi connectivity index (χ4v) is 4.12. The molecule has 0 saturated carbocycles. The highest BCUT2D eigenvalue weighted by Crippen LogP contribution is 2.32. The second kappa shape index (κ2) is 7.13. The molecule has 1 aliphatic rings. The van der Waals surface area contributed by atoms with Crippen LogP contribution in [-0.2, 0) is 6.42 Å². The summed E-state index contributed by atoms with van der Waals surface area (Å²) in [6.07, 6.45) is 7.27. The maximum atomic E-state index is 12.8. The van der Waals surface area contributed by atoms with E-state index < -0.39 is 0 Å². The van der Waals surface area contributed by atoms with Crippen LogP contribution in [0.4, 0.5) is 0 Å². The van der Waals surface area contributed by atoms with Gasteiger partial charge in [-0.15, -0.1) is 0 Å². The SMILES string of the molecule is Cc1nn2c3c(cnc2c1-c1ccccc1)C(=O)C[C@H](/C=C/c1ccccc1)C3. The van der Waals surface area contributed by atoms with E-state index in [9.17, 15) is 4.79 Å². The van der Waals surface area contributed by atoms with Gasteiger partial charge in [-0.2, -0.15) is 5.10 Å². The fraction of sp³-hybridized carbons (Fsp3) is 0.160. The van der Waals surface area contributed by atoms with Crippen LogP contribution in [0.1, 0.15) is 33.7 Å². The van der Waals surface area contributed by atoms with Crippen molar-refractivity contribution in [3.63, 3.8) is 0 Å². The number of hydrogen-bond acceptors (Lipinski definition) is 3. The Morgan fingerprint density at radius 3 is 2.48 bits per heavy atom. The molecule has 0 bridgehead atoms. The van der Waals surface area contributed by atoms with Crippen LogP contribution < -0.4 is 0 Å². The van der Waals surface area contributed by atoms with Crippen molar-refractivity contribution in [1.82, 2.24) is 14.6 Å². The number of hydrogen-bond donors (Lipinski definition) is 0. The van der Waals surface area contributed by atoms with Gasteiger partial charge in [0.1, 0.15) is 0 Å². The summed E-state index contributed by atoms with van der Waals surface area (Å²) in [6.45, 7) is 2.00. The van der Waals surface area contributed by atoms with Crippen LogP contribution in [0.25, 0.3) is 22.9 Å². The zero-order chi connectivity index (χ0) is 19.8. The highest BCUT2D eigenvalue weighted by Gasteiger charge is 2.28. The maximum Gasteiger partial charge on any atom is 0.166 e. The third-order valence-electron chi connectivity index (χ3n) is 5.54. The Hall–Kier alpha value is -3.53. The zero-order valence-electron chi connectivity index (χ0n) is 16.2. The Labute approximate surface area is 169 Å². The van der Waals surface area contributed by atoms with Crippen molar-refractivity contribution >= 4 is 17.5 Å². The van der Waals surface area contributed by atoms with Gasteiger partial charge in [0.15, 0.2) is 11.4 Å². The molecule has 0 amide bonds. The van der Waals surface area contributed by atoms with Gasteiger partial charge in [0, 0.05) is 18.2 Å². The molecule has 1 atom stereocenters. The molecule has 2 aromatic carbocycles. The summed E-state index contributed by atoms with van der Waals surface area (Å²) >= 11 is 0. The lowest BCUT2D eigenvalue weighted by Gasteiger charge is -2.21. The van der Waals surface area contributed by atoms with Crippen LogP contribution in [0.15, 0.2) is 72.9 Å². The number of aryl methyl sites for hydroxylation is 1. The quantitative estimate of drug-likeness (QED) is 0.494. The molecule has 2 heterocycles. The number of benzene rings is 2. The van der Waals surface area contributed by atoms with Gasteiger partial charge in [0.25, 0.3) is 0 Å². The van der Waals surface area contributed by atoms with Gasteiger partial charge in [0.05, 0.1) is 17.0 Å². The van der Waals surface area contributed by atoms with Crippen molar-refractivity contribution in [2.24, 2.45) is 5.92 Å². The van der Waals surface area contributed by atoms with E-state index in [1.165, 1.54) is 0 Å². The fourth-order valence-electron chi connectivity index (χ4n) is 4.12. The summed E-state index contributed by atoms with van der Waals surface area (Å²) in [7, 11) is 0. The third-order valence-corrected chi connectivity index (χ3v) is 5.54. The molecular formula is C25H21N3O. The van der Waals surface area contributed by atoms with Crippen molar-refractivity contribution < 1.29 is 4.79 Å². The van der Waals surface area contributed by atoms with Crippen LogP contribution in [0, 0.1) is 12.8 Å². The van der Waals surface area contributed by atoms with Crippen LogP contribution >= 0.6 is 0 Å². The average Bonchev–Trinajstić information content (AvgIpc) is 3.10. The molecule has 5 rings (SSSR count). The molecule has 0 radical (unpaired) electrons. The van der Waals surface area contributed by atoms with Gasteiger partial charge >= 0.3 is 0 Å². The zero-order valence-corrected chi connectivity index (χ0v) is 16.2. The van der Waals surface area contributed by atoms with E-state index in [-0.39, 0.29) is 11.7 Å². The Morgan fingerprint density at radius 1 is 1.00 bits per heavy atom. The summed E-state index contributed by atoms with van der Waals surface area (Å²) < 4.78 is 1.88. The molecule has 0 spiro atoms. The van der Waals surface area contributed by atoms with E-state index in [0.29, 0.717) is 12.0 Å². The Kier molecular flexibility index (Phi) is 4.32. The number of rotatable bonds is 3. The van der Waals surface area contributed by atoms with Crippen molar-refractivity contribution in [1.29, 1.82) is 0 Å². The van der Waals surface area contributed by atoms with E-state index in [4.69, 9.17) is 5.10 Å². The van der Waals surface area contributed by atoms with E-state index >= 15 is 0 Å². The number of Topliss-reactive ketones (excluding diaryl/α,β-unsaturated/α-hetero) is 1. The summed E-state index contributed by atoms with van der Waals surface area (Å²) in [4.78, 5) is 17.4. The van der Waals surface area contributed by atoms with Crippen LogP contribution in [-0.4, -0.2) is 20.4 Å². The van der Waals surface area contributed by atoms with Gasteiger partial charge < -0.3 is 0 Å². The van der Waals surface area contributed by atoms with Gasteiger partial charge in [0.2, 0.25) is 0 Å². The number of nitrogens with zero attached hydrogens (tertiary/aromatic N) is 3. The average molecular weight is 379 g/mol. The van der Waals surface area contributed by atoms with E-state index in [2.05, 4.69) is 41.4 Å². The Morgan fingerprint density at radius 2 is 1.72 bits per heavy atom. The van der Waals surface area contributed by atoms with Gasteiger partial charge in [-0.1, -0.05) is 72.8 Å². The second-order valence-electron chi connectivity index (χ2n) is 7.54. The molecule has 0 saturated heterocycles. The predicted molar refractivity (Wildman–Crippen MR) is 115 cm³/mol. The lowest BCUT2D eigenvalue weighted by molar-refractivity contribution is 0.0957. The lowest BCUT2D eigenvalue weighted by Crippen LogP contribution is -2.22. The number of allylic oxidation sites excluding steroid dienone is 1. The smallest absolute Gasteiger partial charge is 0.166 e. The molecule has 4 aromatic rings. The Bertz CT molecular complexity index is 1220. The van der Waals surface area contributed by atoms with Crippen LogP contribution in [0.3, 0.4) is 0 Å². The van der Waals surface area contributed by atoms with E-state index in [0.717, 1.165) is 40.1 Å². The van der Waals surface area contributed by atoms with Crippen molar-refractivity contribution in [3.8, 4) is 11.1 Å². The number of fused-ring (bicyclic) bond motifs is 3. The standard InChI is InChI=1S/C25H21N3O/c1-17-24(20-10-6-3-7-11-20)25-26-16-21-22(28(25)27-17)14-19(15-23(21)29)13-12-18-8-4-2-5-9-18/h2-13,16,19H,14-15H2,1H3/b13-12+/t19-/m1/s1. The van der Waals surface area contributed by atoms with Gasteiger partial charge in [-0.25, -0.2) is 9.50 Å². The number of carbonyl (C=O) groups is 1. The monoisotopic (exact) mass is 379 g/mol. The summed E-state index contributed by atoms with van der Waals surface area (Å²) in [5, 5.41) is 4.77. The number of aromatic nitrogens is 3. The molecule has 29 heavy (non-hydrogen) atoms. The molecule has 2 aromatic heterocycles. The molecule has 4 nitrogen and oxygen atoms in total. The highest BCUT2D eigenvalue weighted by atomic mass is 16.1. The van der Waals surface area contributed by atoms with E-state index in [1.54, 1.807) is 6.20 Å². The molecule has 4 heteroatoms. The van der Waals surface area contributed by atoms with E-state index in [1.807, 2.05) is 47.8 Å². The molecule has 142 valence electrons. The predicted octanol–water partition coefficient (Wildman–Crippen LogP) is 5.16. The molecule has 0 fully saturated rings. The van der Waals surface area contributed by atoms with Crippen LogP contribution in [0.5, 0.6) is 0 Å². The number of ketones is 1. The van der Waals surface area contributed by atoms with Crippen LogP contribution in [0.2, 0.25) is 0 Å². The topological polar surface area (TPSA) is 47.3 Å². The highest BCUT2D eigenvalue weighted by molar-refractivity contribution is 5.98. The van der Waals surface area contributed by atoms with Crippen molar-refractivity contribution in [2.75, 3.05) is 0 Å². The first-order valence-electron chi connectivity index (χ1n) is 9.90. The molecule has 0 aliphatic heterocycles. The first kappa shape index (κ1) is 17.6. The van der Waals surface area contributed by atoms with Crippen molar-refractivity contribution in [3.05, 3.63) is 95.5 Å². The second-order valence-corrected chi connectivity index (χ2v) is 7.54. The minimum atomic E-state index is 0.137. The Balaban J connectivity index is 1.57. The molecule has 0 unspecified atom stereocenters. The molecule has 1 aliphatic carbocycles. The lowest BCUT2D eigenvalue weighted by atomic mass is 9.86. The van der Waals surface area contributed by atoms with Gasteiger partial charge in [-0.05, 0) is 30.4 Å². The normalized spacial score (nSPS) is 16.4. The summed E-state index contributed by atoms with van der Waals surface area (Å²) in [5.74, 6) is 0.295.